The molecular weight excluding hydrogens is 296 g/mol. The van der Waals surface area contributed by atoms with Crippen molar-refractivity contribution >= 4 is 30.2 Å². The molecule has 0 saturated carbocycles. The Morgan fingerprint density at radius 2 is 1.74 bits per heavy atom. The van der Waals surface area contributed by atoms with Gasteiger partial charge in [0.1, 0.15) is 22.2 Å². The summed E-state index contributed by atoms with van der Waals surface area (Å²) in [5.74, 6) is 0. The number of fused-ring (bicyclic) bond motifs is 2. The minimum Gasteiger partial charge on any atom is -0.378 e. The summed E-state index contributed by atoms with van der Waals surface area (Å²) in [7, 11) is 6.77. The monoisotopic (exact) mass is 323 g/mol. The van der Waals surface area contributed by atoms with Crippen molar-refractivity contribution in [1.29, 1.82) is 0 Å². The van der Waals surface area contributed by atoms with Crippen LogP contribution in [0.25, 0.3) is 5.57 Å². The second-order valence-corrected chi connectivity index (χ2v) is 11.8. The Labute approximate surface area is 141 Å². The van der Waals surface area contributed by atoms with Gasteiger partial charge in [0.25, 0.3) is 0 Å². The molecule has 120 valence electrons. The lowest BCUT2D eigenvalue weighted by Gasteiger charge is -2.37. The third-order valence-corrected chi connectivity index (χ3v) is 8.71. The van der Waals surface area contributed by atoms with Crippen LogP contribution in [0.4, 0.5) is 5.69 Å². The average molecular weight is 324 g/mol. The number of hydrogen-bond acceptors (Lipinski definition) is 1. The summed E-state index contributed by atoms with van der Waals surface area (Å²) in [6.07, 6.45) is 6.97. The Morgan fingerprint density at radius 1 is 1.04 bits per heavy atom. The largest absolute Gasteiger partial charge is 0.378 e. The highest BCUT2D eigenvalue weighted by Crippen LogP contribution is 2.38. The molecule has 2 aliphatic rings. The Bertz CT molecular complexity index is 801. The van der Waals surface area contributed by atoms with E-state index in [0.717, 1.165) is 0 Å². The van der Waals surface area contributed by atoms with E-state index in [-0.39, 0.29) is 0 Å². The van der Waals surface area contributed by atoms with Gasteiger partial charge < -0.3 is 4.90 Å². The fourth-order valence-electron chi connectivity index (χ4n) is 3.60. The molecule has 0 atom stereocenters. The molecule has 0 radical (unpaired) electrons. The molecule has 0 fully saturated rings. The third kappa shape index (κ3) is 2.43. The van der Waals surface area contributed by atoms with Gasteiger partial charge in [0.05, 0.1) is 0 Å². The smallest absolute Gasteiger partial charge is 0.199 e. The summed E-state index contributed by atoms with van der Waals surface area (Å²) in [6, 6.07) is 6.97. The number of anilines is 1. The predicted octanol–water partition coefficient (Wildman–Crippen LogP) is 3.20. The van der Waals surface area contributed by atoms with Crippen molar-refractivity contribution in [2.75, 3.05) is 33.1 Å². The van der Waals surface area contributed by atoms with Gasteiger partial charge in [-0.25, -0.2) is 4.58 Å². The van der Waals surface area contributed by atoms with Crippen LogP contribution in [-0.2, 0) is 0 Å². The molecule has 0 bridgehead atoms. The van der Waals surface area contributed by atoms with Crippen molar-refractivity contribution in [3.05, 3.63) is 52.8 Å². The number of benzene rings is 1. The molecule has 0 amide bonds. The van der Waals surface area contributed by atoms with E-state index >= 15 is 0 Å². The highest BCUT2D eigenvalue weighted by Gasteiger charge is 2.38. The predicted molar refractivity (Wildman–Crippen MR) is 105 cm³/mol. The van der Waals surface area contributed by atoms with Crippen LogP contribution in [0, 0.1) is 0 Å². The molecular formula is C20H27N2Si+. The standard InChI is InChI=1S/C20H27N2Si/c1-14-17-10-8-15(21(2)3)12-19(17)23(6,7)20-13-16(22(4)5)9-11-18(14)20/h8-13H,1-7H3/q+1. The van der Waals surface area contributed by atoms with E-state index < -0.39 is 8.07 Å². The van der Waals surface area contributed by atoms with Crippen LogP contribution in [0.2, 0.25) is 13.1 Å². The molecule has 0 saturated heterocycles. The summed E-state index contributed by atoms with van der Waals surface area (Å²) in [5, 5.41) is 3.12. The fourth-order valence-corrected chi connectivity index (χ4v) is 6.80. The van der Waals surface area contributed by atoms with Gasteiger partial charge in [-0.05, 0) is 52.2 Å². The van der Waals surface area contributed by atoms with Gasteiger partial charge in [-0.3, -0.25) is 0 Å². The van der Waals surface area contributed by atoms with E-state index in [4.69, 9.17) is 0 Å². The first kappa shape index (κ1) is 16.0. The van der Waals surface area contributed by atoms with Gasteiger partial charge in [0.15, 0.2) is 5.71 Å². The first-order chi connectivity index (χ1) is 10.7. The Kier molecular flexibility index (Phi) is 3.72. The molecule has 0 spiro atoms. The summed E-state index contributed by atoms with van der Waals surface area (Å²) >= 11 is 0. The second-order valence-electron chi connectivity index (χ2n) is 7.50. The van der Waals surface area contributed by atoms with Crippen LogP contribution in [0.5, 0.6) is 0 Å². The molecule has 23 heavy (non-hydrogen) atoms. The lowest BCUT2D eigenvalue weighted by atomic mass is 9.96. The highest BCUT2D eigenvalue weighted by atomic mass is 28.3. The molecule has 1 aliphatic heterocycles. The highest BCUT2D eigenvalue weighted by molar-refractivity contribution is 6.97. The molecule has 1 aliphatic carbocycles. The molecule has 1 heterocycles. The van der Waals surface area contributed by atoms with Crippen molar-refractivity contribution in [1.82, 2.24) is 0 Å². The lowest BCUT2D eigenvalue weighted by Crippen LogP contribution is -2.49. The number of hydrogen-bond donors (Lipinski definition) is 0. The van der Waals surface area contributed by atoms with Crippen LogP contribution >= 0.6 is 0 Å². The average Bonchev–Trinajstić information content (AvgIpc) is 2.51. The van der Waals surface area contributed by atoms with E-state index in [9.17, 15) is 0 Å². The zero-order chi connectivity index (χ0) is 16.9. The van der Waals surface area contributed by atoms with Gasteiger partial charge in [-0.1, -0.05) is 19.2 Å². The van der Waals surface area contributed by atoms with Crippen LogP contribution in [0.15, 0.2) is 47.2 Å². The molecule has 3 heteroatoms. The van der Waals surface area contributed by atoms with E-state index in [1.165, 1.54) is 28.1 Å². The van der Waals surface area contributed by atoms with Crippen molar-refractivity contribution in [3.8, 4) is 0 Å². The minimum absolute atomic E-state index is 1.30. The molecule has 3 rings (SSSR count). The van der Waals surface area contributed by atoms with Crippen LogP contribution < -0.4 is 10.1 Å². The maximum atomic E-state index is 2.48. The maximum Gasteiger partial charge on any atom is 0.199 e. The van der Waals surface area contributed by atoms with Crippen molar-refractivity contribution in [2.24, 2.45) is 0 Å². The Morgan fingerprint density at radius 3 is 2.35 bits per heavy atom. The first-order valence-electron chi connectivity index (χ1n) is 8.21. The summed E-state index contributed by atoms with van der Waals surface area (Å²) < 4.78 is 2.20. The van der Waals surface area contributed by atoms with Gasteiger partial charge in [0, 0.05) is 31.9 Å². The van der Waals surface area contributed by atoms with Crippen LogP contribution in [0.1, 0.15) is 12.5 Å². The molecule has 0 aromatic heterocycles. The van der Waals surface area contributed by atoms with E-state index in [1.54, 1.807) is 10.4 Å². The Hall–Kier alpha value is -1.87. The number of allylic oxidation sites excluding steroid dienone is 6. The molecule has 1 aromatic carbocycles. The molecule has 0 unspecified atom stereocenters. The van der Waals surface area contributed by atoms with E-state index in [0.29, 0.717) is 0 Å². The normalized spacial score (nSPS) is 18.4. The van der Waals surface area contributed by atoms with Crippen LogP contribution in [0.3, 0.4) is 0 Å². The van der Waals surface area contributed by atoms with Crippen molar-refractivity contribution in [3.63, 3.8) is 0 Å². The maximum absolute atomic E-state index is 2.48. The summed E-state index contributed by atoms with van der Waals surface area (Å²) in [4.78, 5) is 2.20. The summed E-state index contributed by atoms with van der Waals surface area (Å²) in [5.41, 5.74) is 6.89. The van der Waals surface area contributed by atoms with Crippen LogP contribution in [-0.4, -0.2) is 46.6 Å². The van der Waals surface area contributed by atoms with Gasteiger partial charge >= 0.3 is 0 Å². The van der Waals surface area contributed by atoms with E-state index in [2.05, 4.69) is 94.1 Å². The number of rotatable bonds is 1. The zero-order valence-corrected chi connectivity index (χ0v) is 16.4. The second kappa shape index (κ2) is 5.34. The Balaban J connectivity index is 2.30. The van der Waals surface area contributed by atoms with E-state index in [1.807, 2.05) is 0 Å². The quantitative estimate of drug-likeness (QED) is 0.568. The minimum atomic E-state index is -1.70. The third-order valence-electron chi connectivity index (χ3n) is 5.19. The molecule has 0 N–H and O–H groups in total. The topological polar surface area (TPSA) is 6.25 Å². The van der Waals surface area contributed by atoms with Crippen molar-refractivity contribution in [2.45, 2.75) is 20.0 Å². The fraction of sp³-hybridized carbons (Fsp3) is 0.350. The van der Waals surface area contributed by atoms with Gasteiger partial charge in [-0.15, -0.1) is 0 Å². The van der Waals surface area contributed by atoms with Gasteiger partial charge in [-0.2, -0.15) is 0 Å². The number of nitrogens with zero attached hydrogens (tertiary/aromatic N) is 2. The lowest BCUT2D eigenvalue weighted by molar-refractivity contribution is -0.462. The first-order valence-corrected chi connectivity index (χ1v) is 11.2. The summed E-state index contributed by atoms with van der Waals surface area (Å²) in [6.45, 7) is 7.23. The molecule has 2 nitrogen and oxygen atoms in total. The van der Waals surface area contributed by atoms with Crippen molar-refractivity contribution < 1.29 is 4.58 Å². The zero-order valence-electron chi connectivity index (χ0n) is 15.4. The SMILES string of the molecule is CC1=C2C=CC(=[N+](C)C)C=C2[Si](C)(C)c2cc(N(C)C)ccc21. The molecule has 1 aromatic rings. The van der Waals surface area contributed by atoms with Gasteiger partial charge in [0.2, 0.25) is 0 Å².